The van der Waals surface area contributed by atoms with Gasteiger partial charge in [0.2, 0.25) is 5.91 Å². The third kappa shape index (κ3) is 1.30. The predicted octanol–water partition coefficient (Wildman–Crippen LogP) is -0.275. The minimum absolute atomic E-state index is 0.0756. The van der Waals surface area contributed by atoms with E-state index in [9.17, 15) is 19.8 Å². The molecule has 0 radical (unpaired) electrons. The third-order valence-electron chi connectivity index (χ3n) is 4.00. The minimum Gasteiger partial charge on any atom is -0.477 e. The number of carbonyl (C=O) groups is 2. The molecule has 0 aromatic carbocycles. The fourth-order valence-corrected chi connectivity index (χ4v) is 3.28. The monoisotopic (exact) mass is 253 g/mol. The second kappa shape index (κ2) is 3.80. The Labute approximate surface area is 104 Å². The van der Waals surface area contributed by atoms with Crippen molar-refractivity contribution in [3.8, 4) is 0 Å². The van der Waals surface area contributed by atoms with E-state index in [0.717, 1.165) is 6.42 Å². The third-order valence-corrected chi connectivity index (χ3v) is 4.00. The molecular weight excluding hydrogens is 238 g/mol. The number of aliphatic hydroxyl groups is 1. The van der Waals surface area contributed by atoms with E-state index in [0.29, 0.717) is 18.6 Å². The summed E-state index contributed by atoms with van der Waals surface area (Å²) >= 11 is 0. The number of aliphatic carboxylic acids is 1. The maximum absolute atomic E-state index is 12.0. The van der Waals surface area contributed by atoms with Crippen molar-refractivity contribution in [1.82, 2.24) is 4.90 Å². The summed E-state index contributed by atoms with van der Waals surface area (Å²) in [6, 6.07) is -0.334. The van der Waals surface area contributed by atoms with Crippen LogP contribution in [0.3, 0.4) is 0 Å². The first-order chi connectivity index (χ1) is 8.54. The molecule has 2 fully saturated rings. The Hall–Kier alpha value is -1.40. The van der Waals surface area contributed by atoms with Gasteiger partial charge in [0.05, 0.1) is 18.1 Å². The average molecular weight is 253 g/mol. The molecule has 6 heteroatoms. The van der Waals surface area contributed by atoms with E-state index in [-0.39, 0.29) is 23.8 Å². The molecule has 0 bridgehead atoms. The molecule has 2 N–H and O–H groups in total. The highest BCUT2D eigenvalue weighted by Gasteiger charge is 2.61. The number of fused-ring (bicyclic) bond motifs is 3. The molecule has 0 aromatic rings. The first-order valence-corrected chi connectivity index (χ1v) is 6.13. The Kier molecular flexibility index (Phi) is 2.46. The number of nitrogens with zero attached hydrogens (tertiary/aromatic N) is 1. The topological polar surface area (TPSA) is 87.1 Å². The van der Waals surface area contributed by atoms with Gasteiger partial charge in [-0.25, -0.2) is 4.79 Å². The van der Waals surface area contributed by atoms with Crippen LogP contribution in [0.4, 0.5) is 0 Å². The van der Waals surface area contributed by atoms with Crippen molar-refractivity contribution in [2.24, 2.45) is 5.92 Å². The van der Waals surface area contributed by atoms with Gasteiger partial charge in [-0.1, -0.05) is 0 Å². The molecule has 18 heavy (non-hydrogen) atoms. The summed E-state index contributed by atoms with van der Waals surface area (Å²) in [6.07, 6.45) is 0.302. The quantitative estimate of drug-likeness (QED) is 0.661. The summed E-state index contributed by atoms with van der Waals surface area (Å²) in [5, 5.41) is 18.9. The number of carboxylic acids is 1. The lowest BCUT2D eigenvalue weighted by Crippen LogP contribution is -2.65. The number of carboxylic acid groups (broad SMARTS) is 1. The zero-order valence-electron chi connectivity index (χ0n) is 10.00. The normalized spacial score (nSPS) is 36.0. The lowest BCUT2D eigenvalue weighted by Gasteiger charge is -2.46. The molecule has 3 heterocycles. The molecule has 0 spiro atoms. The number of ether oxygens (including phenoxy) is 1. The van der Waals surface area contributed by atoms with Crippen molar-refractivity contribution < 1.29 is 24.5 Å². The first-order valence-electron chi connectivity index (χ1n) is 6.13. The Balaban J connectivity index is 2.00. The number of amides is 1. The Morgan fingerprint density at radius 2 is 2.28 bits per heavy atom. The summed E-state index contributed by atoms with van der Waals surface area (Å²) in [5.41, 5.74) is 0.779. The highest BCUT2D eigenvalue weighted by atomic mass is 16.5. The zero-order valence-corrected chi connectivity index (χ0v) is 10.00. The van der Waals surface area contributed by atoms with Gasteiger partial charge < -0.3 is 14.9 Å². The van der Waals surface area contributed by atoms with Crippen molar-refractivity contribution in [3.63, 3.8) is 0 Å². The molecule has 3 aliphatic rings. The SMILES string of the molecule is C[C@@H](O)[C@H]1C(=O)N2C(C(=O)O)=C3CCCO[C@@H]3[C@H]12. The van der Waals surface area contributed by atoms with Crippen LogP contribution in [0.2, 0.25) is 0 Å². The van der Waals surface area contributed by atoms with Crippen LogP contribution in [0.5, 0.6) is 0 Å². The van der Waals surface area contributed by atoms with Crippen LogP contribution in [0, 0.1) is 5.92 Å². The average Bonchev–Trinajstić information content (AvgIpc) is 2.60. The van der Waals surface area contributed by atoms with E-state index < -0.39 is 18.0 Å². The molecule has 0 unspecified atom stereocenters. The molecule has 0 aliphatic carbocycles. The van der Waals surface area contributed by atoms with E-state index in [1.165, 1.54) is 4.90 Å². The molecule has 0 saturated carbocycles. The summed E-state index contributed by atoms with van der Waals surface area (Å²) in [6.45, 7) is 2.13. The number of hydrogen-bond donors (Lipinski definition) is 2. The molecule has 4 atom stereocenters. The van der Waals surface area contributed by atoms with Gasteiger partial charge in [-0.3, -0.25) is 9.69 Å². The molecule has 6 nitrogen and oxygen atoms in total. The van der Waals surface area contributed by atoms with Gasteiger partial charge in [-0.05, 0) is 25.3 Å². The van der Waals surface area contributed by atoms with Crippen LogP contribution in [-0.4, -0.2) is 51.8 Å². The van der Waals surface area contributed by atoms with Crippen LogP contribution >= 0.6 is 0 Å². The van der Waals surface area contributed by atoms with Gasteiger partial charge in [-0.2, -0.15) is 0 Å². The van der Waals surface area contributed by atoms with Crippen molar-refractivity contribution in [2.75, 3.05) is 6.61 Å². The smallest absolute Gasteiger partial charge is 0.352 e. The fourth-order valence-electron chi connectivity index (χ4n) is 3.28. The number of rotatable bonds is 2. The fraction of sp³-hybridized carbons (Fsp3) is 0.667. The summed E-state index contributed by atoms with van der Waals surface area (Å²) in [4.78, 5) is 24.6. The lowest BCUT2D eigenvalue weighted by molar-refractivity contribution is -0.168. The first kappa shape index (κ1) is 11.7. The highest BCUT2D eigenvalue weighted by Crippen LogP contribution is 2.47. The molecule has 3 rings (SSSR count). The number of hydrogen-bond acceptors (Lipinski definition) is 4. The van der Waals surface area contributed by atoms with Gasteiger partial charge in [0.15, 0.2) is 0 Å². The number of β-lactam (4-membered cyclic amide) rings is 1. The van der Waals surface area contributed by atoms with Crippen molar-refractivity contribution in [1.29, 1.82) is 0 Å². The maximum atomic E-state index is 12.0. The molecule has 1 amide bonds. The molecule has 3 aliphatic heterocycles. The standard InChI is InChI=1S/C12H15NO5/c1-5(14)7-9-10-6(3-2-4-18-10)8(12(16)17)13(9)11(7)15/h5,7,9-10,14H,2-4H2,1H3,(H,16,17)/t5-,7-,9+,10+/m1/s1. The minimum atomic E-state index is -1.08. The second-order valence-electron chi connectivity index (χ2n) is 5.04. The van der Waals surface area contributed by atoms with Gasteiger partial charge in [0, 0.05) is 6.61 Å². The van der Waals surface area contributed by atoms with Crippen LogP contribution in [0.25, 0.3) is 0 Å². The van der Waals surface area contributed by atoms with Crippen molar-refractivity contribution >= 4 is 11.9 Å². The van der Waals surface area contributed by atoms with E-state index in [4.69, 9.17) is 4.74 Å². The van der Waals surface area contributed by atoms with E-state index >= 15 is 0 Å². The molecule has 0 aromatic heterocycles. The summed E-state index contributed by atoms with van der Waals surface area (Å²) < 4.78 is 5.62. The Morgan fingerprint density at radius 1 is 1.56 bits per heavy atom. The molecule has 2 saturated heterocycles. The largest absolute Gasteiger partial charge is 0.477 e. The van der Waals surface area contributed by atoms with Crippen molar-refractivity contribution in [2.45, 2.75) is 38.0 Å². The molecule has 98 valence electrons. The number of aliphatic hydroxyl groups excluding tert-OH is 1. The molecular formula is C12H15NO5. The highest BCUT2D eigenvalue weighted by molar-refractivity contribution is 6.00. The van der Waals surface area contributed by atoms with E-state index in [2.05, 4.69) is 0 Å². The Morgan fingerprint density at radius 3 is 2.89 bits per heavy atom. The predicted molar refractivity (Wildman–Crippen MR) is 59.4 cm³/mol. The summed E-state index contributed by atoms with van der Waals surface area (Å²) in [7, 11) is 0. The van der Waals surface area contributed by atoms with Crippen LogP contribution in [0.1, 0.15) is 19.8 Å². The lowest BCUT2D eigenvalue weighted by atomic mass is 9.80. The second-order valence-corrected chi connectivity index (χ2v) is 5.04. The van der Waals surface area contributed by atoms with Crippen LogP contribution in [-0.2, 0) is 14.3 Å². The number of carbonyl (C=O) groups excluding carboxylic acids is 1. The zero-order chi connectivity index (χ0) is 13.0. The van der Waals surface area contributed by atoms with E-state index in [1.54, 1.807) is 6.92 Å². The van der Waals surface area contributed by atoms with Gasteiger partial charge in [-0.15, -0.1) is 0 Å². The van der Waals surface area contributed by atoms with Gasteiger partial charge in [0.25, 0.3) is 0 Å². The maximum Gasteiger partial charge on any atom is 0.352 e. The van der Waals surface area contributed by atoms with E-state index in [1.807, 2.05) is 0 Å². The van der Waals surface area contributed by atoms with Gasteiger partial charge in [0.1, 0.15) is 11.8 Å². The van der Waals surface area contributed by atoms with Gasteiger partial charge >= 0.3 is 5.97 Å². The Bertz CT molecular complexity index is 455. The summed E-state index contributed by atoms with van der Waals surface area (Å²) in [5.74, 6) is -1.93. The van der Waals surface area contributed by atoms with Crippen LogP contribution in [0.15, 0.2) is 11.3 Å². The van der Waals surface area contributed by atoms with Crippen LogP contribution < -0.4 is 0 Å². The van der Waals surface area contributed by atoms with Crippen molar-refractivity contribution in [3.05, 3.63) is 11.3 Å².